The largest absolute Gasteiger partial charge is 0.494 e. The molecule has 2 aromatic carbocycles. The number of rotatable bonds is 5. The topological polar surface area (TPSA) is 48.1 Å². The molecule has 0 fully saturated rings. The highest BCUT2D eigenvalue weighted by atomic mass is 16.5. The maximum absolute atomic E-state index is 6.39. The summed E-state index contributed by atoms with van der Waals surface area (Å²) >= 11 is 0. The van der Waals surface area contributed by atoms with Crippen molar-refractivity contribution in [2.75, 3.05) is 6.61 Å². The highest BCUT2D eigenvalue weighted by Gasteiger charge is 2.14. The average Bonchev–Trinajstić information content (AvgIpc) is 2.58. The van der Waals surface area contributed by atoms with Crippen LogP contribution in [0.5, 0.6) is 5.75 Å². The Morgan fingerprint density at radius 1 is 1.09 bits per heavy atom. The van der Waals surface area contributed by atoms with Crippen molar-refractivity contribution in [2.24, 2.45) is 5.73 Å². The zero-order valence-corrected chi connectivity index (χ0v) is 12.7. The summed E-state index contributed by atoms with van der Waals surface area (Å²) in [6.07, 6.45) is 4.32. The lowest BCUT2D eigenvalue weighted by Gasteiger charge is -2.17. The Kier molecular flexibility index (Phi) is 4.35. The van der Waals surface area contributed by atoms with Crippen LogP contribution in [0.1, 0.15) is 24.1 Å². The third-order valence-electron chi connectivity index (χ3n) is 3.83. The fourth-order valence-electron chi connectivity index (χ4n) is 2.75. The van der Waals surface area contributed by atoms with Crippen molar-refractivity contribution in [3.63, 3.8) is 0 Å². The Hall–Kier alpha value is -2.39. The van der Waals surface area contributed by atoms with Gasteiger partial charge in [-0.3, -0.25) is 4.98 Å². The van der Waals surface area contributed by atoms with E-state index in [-0.39, 0.29) is 6.04 Å². The molecule has 0 aliphatic heterocycles. The van der Waals surface area contributed by atoms with Crippen LogP contribution in [0.2, 0.25) is 0 Å². The molecule has 2 N–H and O–H groups in total. The van der Waals surface area contributed by atoms with Gasteiger partial charge in [0.2, 0.25) is 0 Å². The van der Waals surface area contributed by atoms with E-state index in [1.54, 1.807) is 6.20 Å². The summed E-state index contributed by atoms with van der Waals surface area (Å²) in [6, 6.07) is 16.3. The lowest BCUT2D eigenvalue weighted by atomic mass is 9.95. The number of fused-ring (bicyclic) bond motifs is 1. The first-order valence-corrected chi connectivity index (χ1v) is 7.58. The normalized spacial score (nSPS) is 12.3. The number of hydrogen-bond donors (Lipinski definition) is 1. The quantitative estimate of drug-likeness (QED) is 0.776. The molecule has 3 heteroatoms. The molecule has 0 saturated carbocycles. The second kappa shape index (κ2) is 6.58. The zero-order valence-electron chi connectivity index (χ0n) is 12.7. The number of hydrogen-bond acceptors (Lipinski definition) is 3. The van der Waals surface area contributed by atoms with Crippen LogP contribution >= 0.6 is 0 Å². The van der Waals surface area contributed by atoms with Gasteiger partial charge < -0.3 is 10.5 Å². The van der Waals surface area contributed by atoms with Crippen molar-refractivity contribution in [3.05, 3.63) is 72.1 Å². The SMILES string of the molecule is CCOc1ccc2ccccc2c1CC(N)c1cccnc1. The standard InChI is InChI=1S/C19H20N2O/c1-2-22-19-10-9-14-6-3-4-8-16(14)17(19)12-18(20)15-7-5-11-21-13-15/h3-11,13,18H,2,12,20H2,1H3. The molecule has 1 aromatic heterocycles. The highest BCUT2D eigenvalue weighted by molar-refractivity contribution is 5.87. The molecule has 3 aromatic rings. The van der Waals surface area contributed by atoms with Gasteiger partial charge in [0.15, 0.2) is 0 Å². The first kappa shape index (κ1) is 14.5. The van der Waals surface area contributed by atoms with Gasteiger partial charge in [0, 0.05) is 24.0 Å². The Labute approximate surface area is 130 Å². The molecule has 0 aliphatic carbocycles. The fourth-order valence-corrected chi connectivity index (χ4v) is 2.75. The van der Waals surface area contributed by atoms with Crippen molar-refractivity contribution < 1.29 is 4.74 Å². The van der Waals surface area contributed by atoms with Gasteiger partial charge in [-0.15, -0.1) is 0 Å². The molecule has 112 valence electrons. The van der Waals surface area contributed by atoms with E-state index < -0.39 is 0 Å². The molecular formula is C19H20N2O. The number of ether oxygens (including phenoxy) is 1. The third-order valence-corrected chi connectivity index (χ3v) is 3.83. The monoisotopic (exact) mass is 292 g/mol. The van der Waals surface area contributed by atoms with Crippen LogP contribution < -0.4 is 10.5 Å². The Balaban J connectivity index is 2.02. The molecule has 0 radical (unpaired) electrons. The molecule has 0 spiro atoms. The average molecular weight is 292 g/mol. The second-order valence-corrected chi connectivity index (χ2v) is 5.29. The van der Waals surface area contributed by atoms with Gasteiger partial charge >= 0.3 is 0 Å². The van der Waals surface area contributed by atoms with Crippen molar-refractivity contribution in [2.45, 2.75) is 19.4 Å². The van der Waals surface area contributed by atoms with E-state index in [1.165, 1.54) is 10.8 Å². The minimum Gasteiger partial charge on any atom is -0.494 e. The summed E-state index contributed by atoms with van der Waals surface area (Å²) in [5.74, 6) is 0.917. The maximum Gasteiger partial charge on any atom is 0.123 e. The van der Waals surface area contributed by atoms with E-state index in [0.29, 0.717) is 6.61 Å². The minimum absolute atomic E-state index is 0.0984. The first-order chi connectivity index (χ1) is 10.8. The summed E-state index contributed by atoms with van der Waals surface area (Å²) < 4.78 is 5.81. The summed E-state index contributed by atoms with van der Waals surface area (Å²) in [4.78, 5) is 4.16. The summed E-state index contributed by atoms with van der Waals surface area (Å²) in [6.45, 7) is 2.65. The molecule has 1 heterocycles. The van der Waals surface area contributed by atoms with Gasteiger partial charge in [0.1, 0.15) is 5.75 Å². The molecular weight excluding hydrogens is 272 g/mol. The predicted molar refractivity (Wildman–Crippen MR) is 90.0 cm³/mol. The van der Waals surface area contributed by atoms with E-state index in [1.807, 2.05) is 37.4 Å². The molecule has 3 rings (SSSR count). The van der Waals surface area contributed by atoms with Crippen molar-refractivity contribution in [1.29, 1.82) is 0 Å². The zero-order chi connectivity index (χ0) is 15.4. The molecule has 0 bridgehead atoms. The Bertz CT molecular complexity index is 756. The summed E-state index contributed by atoms with van der Waals surface area (Å²) in [7, 11) is 0. The molecule has 0 saturated heterocycles. The number of pyridine rings is 1. The molecule has 1 atom stereocenters. The predicted octanol–water partition coefficient (Wildman–Crippen LogP) is 3.88. The minimum atomic E-state index is -0.0984. The van der Waals surface area contributed by atoms with Gasteiger partial charge in [-0.25, -0.2) is 0 Å². The highest BCUT2D eigenvalue weighted by Crippen LogP contribution is 2.31. The van der Waals surface area contributed by atoms with Gasteiger partial charge in [0.25, 0.3) is 0 Å². The molecule has 3 nitrogen and oxygen atoms in total. The first-order valence-electron chi connectivity index (χ1n) is 7.58. The molecule has 0 amide bonds. The van der Waals surface area contributed by atoms with Crippen molar-refractivity contribution in [1.82, 2.24) is 4.98 Å². The smallest absolute Gasteiger partial charge is 0.123 e. The van der Waals surface area contributed by atoms with Crippen LogP contribution in [0, 0.1) is 0 Å². The number of aromatic nitrogens is 1. The van der Waals surface area contributed by atoms with Gasteiger partial charge in [-0.1, -0.05) is 36.4 Å². The number of benzene rings is 2. The van der Waals surface area contributed by atoms with Gasteiger partial charge in [-0.2, -0.15) is 0 Å². The van der Waals surface area contributed by atoms with E-state index in [0.717, 1.165) is 23.3 Å². The lowest BCUT2D eigenvalue weighted by Crippen LogP contribution is -2.14. The van der Waals surface area contributed by atoms with Crippen molar-refractivity contribution in [3.8, 4) is 5.75 Å². The van der Waals surface area contributed by atoms with E-state index >= 15 is 0 Å². The van der Waals surface area contributed by atoms with Gasteiger partial charge in [-0.05, 0) is 41.8 Å². The Morgan fingerprint density at radius 3 is 2.73 bits per heavy atom. The van der Waals surface area contributed by atoms with Gasteiger partial charge in [0.05, 0.1) is 6.61 Å². The second-order valence-electron chi connectivity index (χ2n) is 5.29. The van der Waals surface area contributed by atoms with Crippen LogP contribution in [-0.2, 0) is 6.42 Å². The van der Waals surface area contributed by atoms with Crippen LogP contribution in [0.25, 0.3) is 10.8 Å². The van der Waals surface area contributed by atoms with Crippen LogP contribution in [0.15, 0.2) is 60.9 Å². The third kappa shape index (κ3) is 2.95. The van der Waals surface area contributed by atoms with Crippen LogP contribution in [0.4, 0.5) is 0 Å². The van der Waals surface area contributed by atoms with E-state index in [9.17, 15) is 0 Å². The fraction of sp³-hybridized carbons (Fsp3) is 0.211. The summed E-state index contributed by atoms with van der Waals surface area (Å²) in [5.41, 5.74) is 8.59. The summed E-state index contributed by atoms with van der Waals surface area (Å²) in [5, 5.41) is 2.41. The van der Waals surface area contributed by atoms with Crippen LogP contribution in [0.3, 0.4) is 0 Å². The Morgan fingerprint density at radius 2 is 1.95 bits per heavy atom. The molecule has 0 aliphatic rings. The van der Waals surface area contributed by atoms with E-state index in [2.05, 4.69) is 29.2 Å². The molecule has 22 heavy (non-hydrogen) atoms. The number of nitrogens with zero attached hydrogens (tertiary/aromatic N) is 1. The maximum atomic E-state index is 6.39. The van der Waals surface area contributed by atoms with Crippen molar-refractivity contribution >= 4 is 10.8 Å². The molecule has 1 unspecified atom stereocenters. The number of nitrogens with two attached hydrogens (primary N) is 1. The van der Waals surface area contributed by atoms with E-state index in [4.69, 9.17) is 10.5 Å². The van der Waals surface area contributed by atoms with Crippen LogP contribution in [-0.4, -0.2) is 11.6 Å². The lowest BCUT2D eigenvalue weighted by molar-refractivity contribution is 0.336.